The Kier molecular flexibility index (Phi) is 4.73. The first-order valence-corrected chi connectivity index (χ1v) is 10.2. The third kappa shape index (κ3) is 3.29. The molecule has 25 heavy (non-hydrogen) atoms. The van der Waals surface area contributed by atoms with Crippen molar-refractivity contribution in [3.05, 3.63) is 63.5 Å². The van der Waals surface area contributed by atoms with E-state index in [-0.39, 0.29) is 0 Å². The van der Waals surface area contributed by atoms with Crippen molar-refractivity contribution in [2.75, 3.05) is 0 Å². The van der Waals surface area contributed by atoms with E-state index in [2.05, 4.69) is 39.8 Å². The van der Waals surface area contributed by atoms with Crippen LogP contribution in [-0.2, 0) is 12.8 Å². The van der Waals surface area contributed by atoms with E-state index >= 15 is 0 Å². The molecule has 0 radical (unpaired) electrons. The molecule has 7 heteroatoms. The molecule has 4 rings (SSSR count). The fraction of sp³-hybridized carbons (Fsp3) is 0.111. The fourth-order valence-electron chi connectivity index (χ4n) is 2.60. The molecule has 0 bridgehead atoms. The van der Waals surface area contributed by atoms with Crippen molar-refractivity contribution < 1.29 is 0 Å². The Morgan fingerprint density at radius 1 is 1.08 bits per heavy atom. The summed E-state index contributed by atoms with van der Waals surface area (Å²) in [6.07, 6.45) is 0. The van der Waals surface area contributed by atoms with Gasteiger partial charge in [0, 0.05) is 33.8 Å². The Hall–Kier alpha value is -1.53. The molecule has 0 atom stereocenters. The first-order chi connectivity index (χ1) is 12.1. The molecule has 0 fully saturated rings. The maximum atomic E-state index is 6.08. The van der Waals surface area contributed by atoms with Gasteiger partial charge < -0.3 is 4.57 Å². The van der Waals surface area contributed by atoms with Crippen molar-refractivity contribution in [3.8, 4) is 11.4 Å². The predicted molar refractivity (Wildman–Crippen MR) is 108 cm³/mol. The molecule has 0 spiro atoms. The van der Waals surface area contributed by atoms with Crippen LogP contribution in [0.15, 0.2) is 53.0 Å². The van der Waals surface area contributed by atoms with Gasteiger partial charge in [-0.15, -0.1) is 21.5 Å². The summed E-state index contributed by atoms with van der Waals surface area (Å²) in [6, 6.07) is 14.0. The van der Waals surface area contributed by atoms with Crippen LogP contribution in [0.3, 0.4) is 0 Å². The van der Waals surface area contributed by atoms with Crippen LogP contribution in [0.2, 0.25) is 10.0 Å². The van der Waals surface area contributed by atoms with E-state index in [0.29, 0.717) is 10.0 Å². The number of nitrogens with zero attached hydrogens (tertiary/aromatic N) is 3. The second-order valence-corrected chi connectivity index (χ2v) is 8.22. The number of thioether (sulfide) groups is 1. The minimum atomic E-state index is 0.570. The van der Waals surface area contributed by atoms with Crippen molar-refractivity contribution in [3.63, 3.8) is 0 Å². The number of halogens is 2. The third-order valence-electron chi connectivity index (χ3n) is 3.91. The standard InChI is InChI=1S/C18H13Cl2N3S2/c1-23-17(13-10-24-16-5-3-2-4-12(13)16)21-22-18(23)25-9-11-6-7-14(19)15(20)8-11/h2-8,10H,9H2,1H3. The van der Waals surface area contributed by atoms with Gasteiger partial charge in [0.2, 0.25) is 0 Å². The van der Waals surface area contributed by atoms with Gasteiger partial charge in [0.25, 0.3) is 0 Å². The van der Waals surface area contributed by atoms with Crippen LogP contribution in [0.25, 0.3) is 21.5 Å². The number of hydrogen-bond donors (Lipinski definition) is 0. The maximum Gasteiger partial charge on any atom is 0.191 e. The van der Waals surface area contributed by atoms with Gasteiger partial charge in [0.05, 0.1) is 10.0 Å². The number of aromatic nitrogens is 3. The van der Waals surface area contributed by atoms with Crippen LogP contribution < -0.4 is 0 Å². The Bertz CT molecular complexity index is 1060. The Morgan fingerprint density at radius 2 is 1.92 bits per heavy atom. The summed E-state index contributed by atoms with van der Waals surface area (Å²) in [5.74, 6) is 1.64. The average molecular weight is 406 g/mol. The average Bonchev–Trinajstić information content (AvgIpc) is 3.19. The van der Waals surface area contributed by atoms with E-state index in [1.807, 2.05) is 29.8 Å². The third-order valence-corrected chi connectivity index (χ3v) is 6.70. The number of fused-ring (bicyclic) bond motifs is 1. The van der Waals surface area contributed by atoms with Gasteiger partial charge in [-0.3, -0.25) is 0 Å². The predicted octanol–water partition coefficient (Wildman–Crippen LogP) is 6.30. The Morgan fingerprint density at radius 3 is 2.76 bits per heavy atom. The van der Waals surface area contributed by atoms with Gasteiger partial charge >= 0.3 is 0 Å². The number of hydrogen-bond acceptors (Lipinski definition) is 4. The number of rotatable bonds is 4. The van der Waals surface area contributed by atoms with E-state index in [0.717, 1.165) is 27.9 Å². The molecule has 2 aromatic carbocycles. The van der Waals surface area contributed by atoms with Crippen LogP contribution in [0.1, 0.15) is 5.56 Å². The Balaban J connectivity index is 1.60. The lowest BCUT2D eigenvalue weighted by Gasteiger charge is -2.05. The summed E-state index contributed by atoms with van der Waals surface area (Å²) in [5, 5.41) is 14.1. The molecule has 0 aliphatic heterocycles. The summed E-state index contributed by atoms with van der Waals surface area (Å²) in [4.78, 5) is 0. The van der Waals surface area contributed by atoms with Crippen LogP contribution >= 0.6 is 46.3 Å². The largest absolute Gasteiger partial charge is 0.305 e. The van der Waals surface area contributed by atoms with E-state index in [1.54, 1.807) is 23.1 Å². The molecule has 0 saturated carbocycles. The van der Waals surface area contributed by atoms with E-state index in [4.69, 9.17) is 23.2 Å². The molecular formula is C18H13Cl2N3S2. The van der Waals surface area contributed by atoms with Crippen molar-refractivity contribution in [2.45, 2.75) is 10.9 Å². The molecule has 0 unspecified atom stereocenters. The maximum absolute atomic E-state index is 6.08. The lowest BCUT2D eigenvalue weighted by Crippen LogP contribution is -1.94. The molecule has 3 nitrogen and oxygen atoms in total. The monoisotopic (exact) mass is 405 g/mol. The number of benzene rings is 2. The minimum Gasteiger partial charge on any atom is -0.305 e. The highest BCUT2D eigenvalue weighted by molar-refractivity contribution is 7.98. The minimum absolute atomic E-state index is 0.570. The van der Waals surface area contributed by atoms with Gasteiger partial charge in [-0.2, -0.15) is 0 Å². The molecule has 0 aliphatic rings. The molecule has 0 saturated heterocycles. The summed E-state index contributed by atoms with van der Waals surface area (Å²) >= 11 is 15.4. The van der Waals surface area contributed by atoms with Crippen LogP contribution in [0, 0.1) is 0 Å². The molecule has 2 aromatic heterocycles. The van der Waals surface area contributed by atoms with E-state index < -0.39 is 0 Å². The van der Waals surface area contributed by atoms with E-state index in [1.165, 1.54) is 10.1 Å². The highest BCUT2D eigenvalue weighted by atomic mass is 35.5. The van der Waals surface area contributed by atoms with Crippen molar-refractivity contribution in [2.24, 2.45) is 7.05 Å². The van der Waals surface area contributed by atoms with Gasteiger partial charge in [0.15, 0.2) is 11.0 Å². The zero-order chi connectivity index (χ0) is 17.4. The molecule has 126 valence electrons. The molecular weight excluding hydrogens is 393 g/mol. The van der Waals surface area contributed by atoms with Crippen LogP contribution in [0.5, 0.6) is 0 Å². The quantitative estimate of drug-likeness (QED) is 0.373. The van der Waals surface area contributed by atoms with Crippen molar-refractivity contribution in [1.29, 1.82) is 0 Å². The molecule has 2 heterocycles. The molecule has 0 aliphatic carbocycles. The summed E-state index contributed by atoms with van der Waals surface area (Å²) in [5.41, 5.74) is 2.22. The second kappa shape index (κ2) is 7.00. The zero-order valence-electron chi connectivity index (χ0n) is 13.2. The number of thiophene rings is 1. The van der Waals surface area contributed by atoms with Crippen LogP contribution in [-0.4, -0.2) is 14.8 Å². The lowest BCUT2D eigenvalue weighted by atomic mass is 10.2. The van der Waals surface area contributed by atoms with Crippen molar-refractivity contribution >= 4 is 56.4 Å². The fourth-order valence-corrected chi connectivity index (χ4v) is 4.72. The first-order valence-electron chi connectivity index (χ1n) is 7.56. The van der Waals surface area contributed by atoms with Gasteiger partial charge in [-0.25, -0.2) is 0 Å². The molecule has 0 amide bonds. The zero-order valence-corrected chi connectivity index (χ0v) is 16.4. The topological polar surface area (TPSA) is 30.7 Å². The van der Waals surface area contributed by atoms with Crippen molar-refractivity contribution in [1.82, 2.24) is 14.8 Å². The molecule has 0 N–H and O–H groups in total. The highest BCUT2D eigenvalue weighted by Gasteiger charge is 2.15. The highest BCUT2D eigenvalue weighted by Crippen LogP contribution is 2.34. The van der Waals surface area contributed by atoms with Gasteiger partial charge in [-0.1, -0.05) is 59.2 Å². The summed E-state index contributed by atoms with van der Waals surface area (Å²) in [6.45, 7) is 0. The first kappa shape index (κ1) is 16.9. The molecule has 4 aromatic rings. The smallest absolute Gasteiger partial charge is 0.191 e. The van der Waals surface area contributed by atoms with Gasteiger partial charge in [0.1, 0.15) is 0 Å². The van der Waals surface area contributed by atoms with E-state index in [9.17, 15) is 0 Å². The summed E-state index contributed by atoms with van der Waals surface area (Å²) < 4.78 is 3.29. The van der Waals surface area contributed by atoms with Crippen LogP contribution in [0.4, 0.5) is 0 Å². The second-order valence-electron chi connectivity index (χ2n) is 5.55. The Labute approximate surface area is 163 Å². The SMILES string of the molecule is Cn1c(SCc2ccc(Cl)c(Cl)c2)nnc1-c1csc2ccccc12. The van der Waals surface area contributed by atoms with Gasteiger partial charge in [-0.05, 0) is 23.8 Å². The normalized spacial score (nSPS) is 11.3. The lowest BCUT2D eigenvalue weighted by molar-refractivity contribution is 0.794. The summed E-state index contributed by atoms with van der Waals surface area (Å²) in [7, 11) is 2.00.